The summed E-state index contributed by atoms with van der Waals surface area (Å²) in [4.78, 5) is 4.01. The van der Waals surface area contributed by atoms with E-state index in [-0.39, 0.29) is 0 Å². The summed E-state index contributed by atoms with van der Waals surface area (Å²) in [6.45, 7) is 0. The van der Waals surface area contributed by atoms with Gasteiger partial charge in [-0.1, -0.05) is 66.7 Å². The molecule has 0 saturated carbocycles. The maximum atomic E-state index is 5.60. The Morgan fingerprint density at radius 2 is 1.13 bits per heavy atom. The molecule has 0 amide bonds. The third-order valence-electron chi connectivity index (χ3n) is 4.28. The summed E-state index contributed by atoms with van der Waals surface area (Å²) in [7, 11) is 0. The van der Waals surface area contributed by atoms with Gasteiger partial charge in [-0.2, -0.15) is 10.2 Å². The molecule has 0 aliphatic carbocycles. The van der Waals surface area contributed by atoms with Gasteiger partial charge in [0.05, 0.1) is 12.4 Å². The lowest BCUT2D eigenvalue weighted by molar-refractivity contribution is 1.05. The van der Waals surface area contributed by atoms with Gasteiger partial charge >= 0.3 is 0 Å². The number of aromatic nitrogens is 3. The molecule has 0 aliphatic heterocycles. The number of nitrogens with zero attached hydrogens (tertiary/aromatic N) is 3. The van der Waals surface area contributed by atoms with Crippen LogP contribution >= 0.6 is 0 Å². The molecule has 0 spiro atoms. The Labute approximate surface area is 175 Å². The topological polar surface area (TPSA) is 90.7 Å². The Morgan fingerprint density at radius 3 is 1.70 bits per heavy atom. The molecule has 5 rings (SSSR count). The standard InChI is InChI=1S/C9H7N.C8H6N2.C8H10N2/c1-2-4-9-7-10-6-5-8(9)3-1;1-2-4-8-6-10-9-5-7(8)3-1;9-6-5-7-3-1-2-4-8(7)10/h1-7H;1-6H;1-6H,9-10H2/b;;6-5-. The van der Waals surface area contributed by atoms with E-state index in [1.165, 1.54) is 17.0 Å². The lowest BCUT2D eigenvalue weighted by Crippen LogP contribution is -1.88. The lowest BCUT2D eigenvalue weighted by Gasteiger charge is -1.96. The SMILES string of the molecule is N/C=C\c1ccccc1N.c1ccc2cnccc2c1.c1ccc2cnncc2c1. The number of fused-ring (bicyclic) bond motifs is 2. The predicted octanol–water partition coefficient (Wildman–Crippen LogP) is 5.06. The van der Waals surface area contributed by atoms with E-state index in [4.69, 9.17) is 11.5 Å². The Balaban J connectivity index is 0.000000128. The van der Waals surface area contributed by atoms with Crippen molar-refractivity contribution in [1.29, 1.82) is 0 Å². The van der Waals surface area contributed by atoms with E-state index < -0.39 is 0 Å². The highest BCUT2D eigenvalue weighted by Crippen LogP contribution is 2.11. The molecule has 0 radical (unpaired) electrons. The summed E-state index contributed by atoms with van der Waals surface area (Å²) >= 11 is 0. The molecule has 2 heterocycles. The van der Waals surface area contributed by atoms with Crippen LogP contribution in [0.5, 0.6) is 0 Å². The Kier molecular flexibility index (Phi) is 7.46. The van der Waals surface area contributed by atoms with Gasteiger partial charge in [-0.25, -0.2) is 0 Å². The van der Waals surface area contributed by atoms with Crippen LogP contribution in [0.4, 0.5) is 5.69 Å². The van der Waals surface area contributed by atoms with E-state index in [0.717, 1.165) is 22.0 Å². The molecule has 0 fully saturated rings. The molecule has 0 aliphatic rings. The summed E-state index contributed by atoms with van der Waals surface area (Å²) in [6, 6.07) is 25.8. The van der Waals surface area contributed by atoms with Gasteiger partial charge in [-0.05, 0) is 40.7 Å². The van der Waals surface area contributed by atoms with Crippen LogP contribution in [0.1, 0.15) is 5.56 Å². The second-order valence-corrected chi connectivity index (χ2v) is 6.33. The minimum Gasteiger partial charge on any atom is -0.405 e. The van der Waals surface area contributed by atoms with Crippen LogP contribution in [0.25, 0.3) is 27.6 Å². The minimum atomic E-state index is 0.754. The Hall–Kier alpha value is -4.25. The molecule has 0 bridgehead atoms. The van der Waals surface area contributed by atoms with Gasteiger partial charge in [0.1, 0.15) is 0 Å². The summed E-state index contributed by atoms with van der Waals surface area (Å²) in [6.07, 6.45) is 10.4. The quantitative estimate of drug-likeness (QED) is 0.388. The molecule has 30 heavy (non-hydrogen) atoms. The van der Waals surface area contributed by atoms with Crippen LogP contribution in [0.15, 0.2) is 110 Å². The van der Waals surface area contributed by atoms with Crippen molar-refractivity contribution in [2.24, 2.45) is 5.73 Å². The number of benzene rings is 3. The molecular weight excluding hydrogens is 370 g/mol. The van der Waals surface area contributed by atoms with Crippen molar-refractivity contribution in [3.63, 3.8) is 0 Å². The highest BCUT2D eigenvalue weighted by atomic mass is 15.1. The first kappa shape index (κ1) is 20.5. The number of pyridine rings is 1. The predicted molar refractivity (Wildman–Crippen MR) is 125 cm³/mol. The molecule has 3 aromatic carbocycles. The fourth-order valence-corrected chi connectivity index (χ4v) is 2.73. The van der Waals surface area contributed by atoms with Crippen LogP contribution in [0.3, 0.4) is 0 Å². The third kappa shape index (κ3) is 5.87. The Bertz CT molecular complexity index is 1030. The van der Waals surface area contributed by atoms with Gasteiger partial charge in [0.15, 0.2) is 0 Å². The first-order chi connectivity index (χ1) is 14.8. The molecule has 5 aromatic rings. The van der Waals surface area contributed by atoms with Gasteiger partial charge in [-0.15, -0.1) is 0 Å². The van der Waals surface area contributed by atoms with E-state index in [2.05, 4.69) is 27.3 Å². The average molecular weight is 393 g/mol. The van der Waals surface area contributed by atoms with Crippen LogP contribution in [0, 0.1) is 0 Å². The fraction of sp³-hybridized carbons (Fsp3) is 0. The van der Waals surface area contributed by atoms with Crippen molar-refractivity contribution < 1.29 is 0 Å². The molecule has 148 valence electrons. The van der Waals surface area contributed by atoms with Gasteiger partial charge in [-0.3, -0.25) is 4.98 Å². The normalized spacial score (nSPS) is 10.1. The molecular formula is C25H23N5. The van der Waals surface area contributed by atoms with Crippen LogP contribution in [-0.4, -0.2) is 15.2 Å². The van der Waals surface area contributed by atoms with Crippen LogP contribution in [0.2, 0.25) is 0 Å². The molecule has 0 unspecified atom stereocenters. The summed E-state index contributed by atoms with van der Waals surface area (Å²) < 4.78 is 0. The number of para-hydroxylation sites is 1. The van der Waals surface area contributed by atoms with Crippen molar-refractivity contribution in [2.45, 2.75) is 0 Å². The van der Waals surface area contributed by atoms with Crippen molar-refractivity contribution in [2.75, 3.05) is 5.73 Å². The van der Waals surface area contributed by atoms with Crippen molar-refractivity contribution in [3.05, 3.63) is 115 Å². The summed E-state index contributed by atoms with van der Waals surface area (Å²) in [5.74, 6) is 0. The number of nitrogen functional groups attached to an aromatic ring is 1. The van der Waals surface area contributed by atoms with Crippen LogP contribution in [-0.2, 0) is 0 Å². The van der Waals surface area contributed by atoms with E-state index in [1.807, 2.05) is 79.1 Å². The van der Waals surface area contributed by atoms with Gasteiger partial charge < -0.3 is 11.5 Å². The van der Waals surface area contributed by atoms with E-state index in [9.17, 15) is 0 Å². The first-order valence-corrected chi connectivity index (χ1v) is 9.45. The second-order valence-electron chi connectivity index (χ2n) is 6.33. The largest absolute Gasteiger partial charge is 0.405 e. The molecule has 2 aromatic heterocycles. The zero-order valence-corrected chi connectivity index (χ0v) is 16.5. The minimum absolute atomic E-state index is 0.754. The van der Waals surface area contributed by atoms with Gasteiger partial charge in [0, 0.05) is 28.9 Å². The van der Waals surface area contributed by atoms with E-state index >= 15 is 0 Å². The Morgan fingerprint density at radius 1 is 0.600 bits per heavy atom. The molecule has 5 heteroatoms. The maximum absolute atomic E-state index is 5.60. The second kappa shape index (κ2) is 10.9. The van der Waals surface area contributed by atoms with Gasteiger partial charge in [0.2, 0.25) is 0 Å². The smallest absolute Gasteiger partial charge is 0.0574 e. The van der Waals surface area contributed by atoms with Crippen LogP contribution < -0.4 is 11.5 Å². The number of hydrogen-bond donors (Lipinski definition) is 2. The van der Waals surface area contributed by atoms with Gasteiger partial charge in [0.25, 0.3) is 0 Å². The van der Waals surface area contributed by atoms with Crippen molar-refractivity contribution in [1.82, 2.24) is 15.2 Å². The fourth-order valence-electron chi connectivity index (χ4n) is 2.73. The molecule has 4 N–H and O–H groups in total. The third-order valence-corrected chi connectivity index (χ3v) is 4.28. The number of rotatable bonds is 1. The molecule has 5 nitrogen and oxygen atoms in total. The van der Waals surface area contributed by atoms with E-state index in [0.29, 0.717) is 0 Å². The highest BCUT2D eigenvalue weighted by Gasteiger charge is 1.89. The molecule has 0 saturated heterocycles. The average Bonchev–Trinajstić information content (AvgIpc) is 2.82. The van der Waals surface area contributed by atoms with E-state index in [1.54, 1.807) is 18.5 Å². The summed E-state index contributed by atoms with van der Waals surface area (Å²) in [5.41, 5.74) is 12.5. The van der Waals surface area contributed by atoms with Crippen molar-refractivity contribution in [3.8, 4) is 0 Å². The highest BCUT2D eigenvalue weighted by molar-refractivity contribution is 5.81. The van der Waals surface area contributed by atoms with Crippen molar-refractivity contribution >= 4 is 33.3 Å². The zero-order chi connectivity index (χ0) is 21.0. The zero-order valence-electron chi connectivity index (χ0n) is 16.5. The molecule has 0 atom stereocenters. The summed E-state index contributed by atoms with van der Waals surface area (Å²) in [5, 5.41) is 12.2. The number of anilines is 1. The maximum Gasteiger partial charge on any atom is 0.0574 e. The number of hydrogen-bond acceptors (Lipinski definition) is 5. The monoisotopic (exact) mass is 393 g/mol. The first-order valence-electron chi connectivity index (χ1n) is 9.45. The number of nitrogens with two attached hydrogens (primary N) is 2. The lowest BCUT2D eigenvalue weighted by atomic mass is 10.2.